The minimum atomic E-state index is -0.985. The zero-order chi connectivity index (χ0) is 24.6. The van der Waals surface area contributed by atoms with Crippen molar-refractivity contribution in [2.75, 3.05) is 0 Å². The van der Waals surface area contributed by atoms with E-state index in [9.17, 15) is 14.9 Å². The standard InChI is InChI=1S/C29H41NO4/c1-2-3-4-5-6-7-8-9-10-11-12-13-14-15-16-25-19-22-27(23-28(25)30(33)34)24-17-20-26(21-18-24)29(31)32/h17-23H,2-16H2,1H3,(H,31,32). The van der Waals surface area contributed by atoms with Gasteiger partial charge >= 0.3 is 5.97 Å². The number of rotatable bonds is 18. The highest BCUT2D eigenvalue weighted by Crippen LogP contribution is 2.29. The molecule has 2 aromatic rings. The second-order valence-electron chi connectivity index (χ2n) is 9.33. The van der Waals surface area contributed by atoms with E-state index in [0.717, 1.165) is 29.5 Å². The summed E-state index contributed by atoms with van der Waals surface area (Å²) >= 11 is 0. The molecule has 0 saturated carbocycles. The maximum Gasteiger partial charge on any atom is 0.335 e. The molecule has 0 bridgehead atoms. The third-order valence-electron chi connectivity index (χ3n) is 6.55. The van der Waals surface area contributed by atoms with E-state index in [-0.39, 0.29) is 16.2 Å². The SMILES string of the molecule is CCCCCCCCCCCCCCCCc1ccc(-c2ccc(C(=O)O)cc2)cc1[N+](=O)[O-]. The van der Waals surface area contributed by atoms with Gasteiger partial charge in [-0.05, 0) is 36.1 Å². The van der Waals surface area contributed by atoms with Gasteiger partial charge in [0.25, 0.3) is 5.69 Å². The molecule has 2 rings (SSSR count). The minimum absolute atomic E-state index is 0.148. The second kappa shape index (κ2) is 16.0. The lowest BCUT2D eigenvalue weighted by molar-refractivity contribution is -0.385. The summed E-state index contributed by atoms with van der Waals surface area (Å²) in [5, 5.41) is 20.7. The van der Waals surface area contributed by atoms with E-state index in [1.165, 1.54) is 89.2 Å². The fourth-order valence-electron chi connectivity index (χ4n) is 4.44. The molecule has 2 aromatic carbocycles. The summed E-state index contributed by atoms with van der Waals surface area (Å²) in [6.45, 7) is 2.26. The van der Waals surface area contributed by atoms with Crippen LogP contribution in [0.2, 0.25) is 0 Å². The van der Waals surface area contributed by atoms with Crippen molar-refractivity contribution in [1.82, 2.24) is 0 Å². The Bertz CT molecular complexity index is 876. The van der Waals surface area contributed by atoms with E-state index in [0.29, 0.717) is 6.42 Å². The van der Waals surface area contributed by atoms with Gasteiger partial charge in [0.2, 0.25) is 0 Å². The summed E-state index contributed by atoms with van der Waals surface area (Å²) in [7, 11) is 0. The first-order valence-electron chi connectivity index (χ1n) is 13.1. The van der Waals surface area contributed by atoms with Crippen LogP contribution in [0.25, 0.3) is 11.1 Å². The first kappa shape index (κ1) is 27.6. The summed E-state index contributed by atoms with van der Waals surface area (Å²) in [5.41, 5.74) is 2.63. The molecule has 0 spiro atoms. The first-order valence-corrected chi connectivity index (χ1v) is 13.1. The molecular weight excluding hydrogens is 426 g/mol. The first-order chi connectivity index (χ1) is 16.5. The Hall–Kier alpha value is -2.69. The van der Waals surface area contributed by atoms with Crippen LogP contribution in [0, 0.1) is 10.1 Å². The number of aromatic carboxylic acids is 1. The van der Waals surface area contributed by atoms with Gasteiger partial charge in [-0.3, -0.25) is 10.1 Å². The smallest absolute Gasteiger partial charge is 0.335 e. The minimum Gasteiger partial charge on any atom is -0.478 e. The van der Waals surface area contributed by atoms with E-state index in [2.05, 4.69) is 6.92 Å². The Balaban J connectivity index is 1.67. The Morgan fingerprint density at radius 2 is 1.21 bits per heavy atom. The van der Waals surface area contributed by atoms with Gasteiger partial charge < -0.3 is 5.11 Å². The normalized spacial score (nSPS) is 11.0. The van der Waals surface area contributed by atoms with Crippen LogP contribution in [0.4, 0.5) is 5.69 Å². The lowest BCUT2D eigenvalue weighted by Crippen LogP contribution is -1.97. The monoisotopic (exact) mass is 467 g/mol. The number of hydrogen-bond acceptors (Lipinski definition) is 3. The molecule has 0 aromatic heterocycles. The summed E-state index contributed by atoms with van der Waals surface area (Å²) in [4.78, 5) is 22.3. The highest BCUT2D eigenvalue weighted by atomic mass is 16.6. The lowest BCUT2D eigenvalue weighted by atomic mass is 9.98. The maximum atomic E-state index is 11.6. The van der Waals surface area contributed by atoms with Crippen LogP contribution in [0.1, 0.15) is 113 Å². The highest BCUT2D eigenvalue weighted by Gasteiger charge is 2.15. The molecule has 34 heavy (non-hydrogen) atoms. The summed E-state index contributed by atoms with van der Waals surface area (Å²) in [5.74, 6) is -0.985. The topological polar surface area (TPSA) is 80.4 Å². The Kier molecular flexibility index (Phi) is 13.0. The van der Waals surface area contributed by atoms with Crippen molar-refractivity contribution < 1.29 is 14.8 Å². The van der Waals surface area contributed by atoms with Gasteiger partial charge in [-0.15, -0.1) is 0 Å². The van der Waals surface area contributed by atoms with Crippen molar-refractivity contribution in [1.29, 1.82) is 0 Å². The molecule has 186 valence electrons. The number of nitrogens with zero attached hydrogens (tertiary/aromatic N) is 1. The fourth-order valence-corrected chi connectivity index (χ4v) is 4.44. The van der Waals surface area contributed by atoms with Crippen molar-refractivity contribution in [2.45, 2.75) is 103 Å². The number of carboxylic acids is 1. The molecule has 0 amide bonds. The predicted octanol–water partition coefficient (Wildman–Crippen LogP) is 8.98. The highest BCUT2D eigenvalue weighted by molar-refractivity contribution is 5.88. The third-order valence-corrected chi connectivity index (χ3v) is 6.55. The van der Waals surface area contributed by atoms with Crippen molar-refractivity contribution in [3.05, 3.63) is 63.7 Å². The van der Waals surface area contributed by atoms with Gasteiger partial charge in [-0.25, -0.2) is 4.79 Å². The molecule has 0 aliphatic carbocycles. The quantitative estimate of drug-likeness (QED) is 0.135. The van der Waals surface area contributed by atoms with E-state index in [4.69, 9.17) is 5.11 Å². The summed E-state index contributed by atoms with van der Waals surface area (Å²) in [6.07, 6.45) is 18.8. The largest absolute Gasteiger partial charge is 0.478 e. The molecule has 0 radical (unpaired) electrons. The Morgan fingerprint density at radius 1 is 0.735 bits per heavy atom. The summed E-state index contributed by atoms with van der Waals surface area (Å²) < 4.78 is 0. The van der Waals surface area contributed by atoms with Gasteiger partial charge in [0, 0.05) is 11.6 Å². The average molecular weight is 468 g/mol. The fraction of sp³-hybridized carbons (Fsp3) is 0.552. The van der Waals surface area contributed by atoms with Crippen molar-refractivity contribution in [3.63, 3.8) is 0 Å². The number of unbranched alkanes of at least 4 members (excludes halogenated alkanes) is 13. The van der Waals surface area contributed by atoms with Crippen LogP contribution in [0.15, 0.2) is 42.5 Å². The molecule has 0 aliphatic heterocycles. The molecule has 0 heterocycles. The van der Waals surface area contributed by atoms with E-state index < -0.39 is 5.97 Å². The maximum absolute atomic E-state index is 11.6. The molecular formula is C29H41NO4. The van der Waals surface area contributed by atoms with Crippen LogP contribution >= 0.6 is 0 Å². The Morgan fingerprint density at radius 3 is 1.68 bits per heavy atom. The van der Waals surface area contributed by atoms with Gasteiger partial charge in [-0.1, -0.05) is 115 Å². The van der Waals surface area contributed by atoms with Gasteiger partial charge in [-0.2, -0.15) is 0 Å². The van der Waals surface area contributed by atoms with Gasteiger partial charge in [0.1, 0.15) is 0 Å². The molecule has 5 nitrogen and oxygen atoms in total. The van der Waals surface area contributed by atoms with Crippen LogP contribution in [0.3, 0.4) is 0 Å². The second-order valence-corrected chi connectivity index (χ2v) is 9.33. The number of aryl methyl sites for hydroxylation is 1. The van der Waals surface area contributed by atoms with Crippen molar-refractivity contribution >= 4 is 11.7 Å². The van der Waals surface area contributed by atoms with E-state index >= 15 is 0 Å². The number of nitro groups is 1. The lowest BCUT2D eigenvalue weighted by Gasteiger charge is -2.07. The summed E-state index contributed by atoms with van der Waals surface area (Å²) in [6, 6.07) is 11.8. The zero-order valence-electron chi connectivity index (χ0n) is 20.8. The molecule has 0 aliphatic rings. The van der Waals surface area contributed by atoms with Crippen molar-refractivity contribution in [2.24, 2.45) is 0 Å². The van der Waals surface area contributed by atoms with E-state index in [1.807, 2.05) is 12.1 Å². The molecule has 0 fully saturated rings. The number of hydrogen-bond donors (Lipinski definition) is 1. The molecule has 5 heteroatoms. The molecule has 0 saturated heterocycles. The predicted molar refractivity (Wildman–Crippen MR) is 140 cm³/mol. The number of carboxylic acid groups (broad SMARTS) is 1. The van der Waals surface area contributed by atoms with Crippen molar-refractivity contribution in [3.8, 4) is 11.1 Å². The number of carbonyl (C=O) groups is 1. The van der Waals surface area contributed by atoms with Gasteiger partial charge in [0.05, 0.1) is 10.5 Å². The van der Waals surface area contributed by atoms with Crippen LogP contribution in [-0.2, 0) is 6.42 Å². The number of benzene rings is 2. The zero-order valence-corrected chi connectivity index (χ0v) is 20.8. The molecule has 0 atom stereocenters. The Labute approximate surface area is 204 Å². The van der Waals surface area contributed by atoms with Gasteiger partial charge in [0.15, 0.2) is 0 Å². The number of nitro benzene ring substituents is 1. The average Bonchev–Trinajstić information content (AvgIpc) is 2.84. The van der Waals surface area contributed by atoms with E-state index in [1.54, 1.807) is 18.2 Å². The molecule has 1 N–H and O–H groups in total. The van der Waals surface area contributed by atoms with Crippen LogP contribution < -0.4 is 0 Å². The third kappa shape index (κ3) is 10.1. The van der Waals surface area contributed by atoms with Crippen LogP contribution in [-0.4, -0.2) is 16.0 Å². The van der Waals surface area contributed by atoms with Crippen LogP contribution in [0.5, 0.6) is 0 Å². The molecule has 0 unspecified atom stereocenters.